The quantitative estimate of drug-likeness (QED) is 0.843. The van der Waals surface area contributed by atoms with E-state index in [4.69, 9.17) is 5.11 Å². The highest BCUT2D eigenvalue weighted by molar-refractivity contribution is 7.12. The van der Waals surface area contributed by atoms with Crippen LogP contribution in [0, 0.1) is 0 Å². The van der Waals surface area contributed by atoms with Crippen molar-refractivity contribution >= 4 is 23.4 Å². The standard InChI is InChI=1S/C14H20N2O2S/c17-14(18)6-5-12-11-15-13(19-12)7-10-16-8-3-1-2-4-9-16/h5-6,11H,1-4,7-10H2,(H,17,18)/b6-5+. The second-order valence-corrected chi connectivity index (χ2v) is 5.98. The summed E-state index contributed by atoms with van der Waals surface area (Å²) < 4.78 is 0. The number of carbonyl (C=O) groups is 1. The molecule has 4 nitrogen and oxygen atoms in total. The van der Waals surface area contributed by atoms with E-state index in [0.29, 0.717) is 0 Å². The molecule has 1 saturated heterocycles. The normalized spacial score (nSPS) is 17.7. The van der Waals surface area contributed by atoms with E-state index in [2.05, 4.69) is 9.88 Å². The molecule has 0 aliphatic carbocycles. The number of carboxylic acids is 1. The van der Waals surface area contributed by atoms with Crippen molar-refractivity contribution in [1.29, 1.82) is 0 Å². The van der Waals surface area contributed by atoms with Gasteiger partial charge in [-0.15, -0.1) is 11.3 Å². The summed E-state index contributed by atoms with van der Waals surface area (Å²) in [5, 5.41) is 9.66. The van der Waals surface area contributed by atoms with Gasteiger partial charge in [0.15, 0.2) is 0 Å². The number of nitrogens with zero attached hydrogens (tertiary/aromatic N) is 2. The van der Waals surface area contributed by atoms with Crippen molar-refractivity contribution in [3.8, 4) is 0 Å². The van der Waals surface area contributed by atoms with Crippen molar-refractivity contribution in [3.05, 3.63) is 22.2 Å². The highest BCUT2D eigenvalue weighted by Gasteiger charge is 2.09. The molecule has 1 aliphatic rings. The molecule has 0 saturated carbocycles. The van der Waals surface area contributed by atoms with Gasteiger partial charge in [-0.1, -0.05) is 12.8 Å². The van der Waals surface area contributed by atoms with E-state index in [0.717, 1.165) is 28.9 Å². The van der Waals surface area contributed by atoms with E-state index in [9.17, 15) is 4.79 Å². The van der Waals surface area contributed by atoms with Crippen LogP contribution in [-0.2, 0) is 11.2 Å². The minimum Gasteiger partial charge on any atom is -0.478 e. The van der Waals surface area contributed by atoms with Gasteiger partial charge in [0, 0.05) is 30.1 Å². The fourth-order valence-electron chi connectivity index (χ4n) is 2.28. The van der Waals surface area contributed by atoms with Crippen LogP contribution in [0.4, 0.5) is 0 Å². The van der Waals surface area contributed by atoms with Gasteiger partial charge in [-0.05, 0) is 32.0 Å². The maximum Gasteiger partial charge on any atom is 0.328 e. The van der Waals surface area contributed by atoms with Gasteiger partial charge in [-0.2, -0.15) is 0 Å². The van der Waals surface area contributed by atoms with Crippen LogP contribution in [0.25, 0.3) is 6.08 Å². The molecule has 0 amide bonds. The lowest BCUT2D eigenvalue weighted by Gasteiger charge is -2.18. The van der Waals surface area contributed by atoms with Gasteiger partial charge in [0.05, 0.1) is 5.01 Å². The smallest absolute Gasteiger partial charge is 0.328 e. The fourth-order valence-corrected chi connectivity index (χ4v) is 3.10. The first-order valence-corrected chi connectivity index (χ1v) is 7.64. The lowest BCUT2D eigenvalue weighted by Crippen LogP contribution is -2.26. The SMILES string of the molecule is O=C(O)/C=C/c1cnc(CCN2CCCCCC2)s1. The molecule has 2 heterocycles. The van der Waals surface area contributed by atoms with E-state index >= 15 is 0 Å². The van der Waals surface area contributed by atoms with Gasteiger partial charge < -0.3 is 10.0 Å². The first kappa shape index (κ1) is 14.2. The Balaban J connectivity index is 1.80. The summed E-state index contributed by atoms with van der Waals surface area (Å²) in [4.78, 5) is 18.2. The Bertz CT molecular complexity index is 434. The molecule has 0 spiro atoms. The van der Waals surface area contributed by atoms with Crippen molar-refractivity contribution in [3.63, 3.8) is 0 Å². The predicted molar refractivity (Wildman–Crippen MR) is 77.4 cm³/mol. The predicted octanol–water partition coefficient (Wildman–Crippen LogP) is 2.66. The number of thiazole rings is 1. The van der Waals surface area contributed by atoms with Crippen LogP contribution in [0.5, 0.6) is 0 Å². The van der Waals surface area contributed by atoms with Gasteiger partial charge in [-0.3, -0.25) is 0 Å². The Morgan fingerprint density at radius 1 is 1.37 bits per heavy atom. The lowest BCUT2D eigenvalue weighted by molar-refractivity contribution is -0.131. The summed E-state index contributed by atoms with van der Waals surface area (Å²) in [5.74, 6) is -0.917. The zero-order valence-electron chi connectivity index (χ0n) is 11.0. The van der Waals surface area contributed by atoms with E-state index < -0.39 is 5.97 Å². The minimum atomic E-state index is -0.917. The Morgan fingerprint density at radius 2 is 2.11 bits per heavy atom. The van der Waals surface area contributed by atoms with Crippen molar-refractivity contribution in [1.82, 2.24) is 9.88 Å². The second kappa shape index (κ2) is 7.40. The molecule has 1 fully saturated rings. The zero-order valence-corrected chi connectivity index (χ0v) is 11.9. The van der Waals surface area contributed by atoms with Crippen LogP contribution in [0.1, 0.15) is 35.6 Å². The Hall–Kier alpha value is -1.20. The van der Waals surface area contributed by atoms with Gasteiger partial charge >= 0.3 is 5.97 Å². The van der Waals surface area contributed by atoms with E-state index in [1.165, 1.54) is 38.8 Å². The summed E-state index contributed by atoms with van der Waals surface area (Å²) in [6.07, 6.45) is 10.8. The zero-order chi connectivity index (χ0) is 13.5. The number of likely N-dealkylation sites (tertiary alicyclic amines) is 1. The van der Waals surface area contributed by atoms with Crippen molar-refractivity contribution in [2.75, 3.05) is 19.6 Å². The monoisotopic (exact) mass is 280 g/mol. The third-order valence-electron chi connectivity index (χ3n) is 3.30. The van der Waals surface area contributed by atoms with Crippen LogP contribution >= 0.6 is 11.3 Å². The summed E-state index contributed by atoms with van der Waals surface area (Å²) in [7, 11) is 0. The third-order valence-corrected chi connectivity index (χ3v) is 4.32. The van der Waals surface area contributed by atoms with E-state index in [-0.39, 0.29) is 0 Å². The topological polar surface area (TPSA) is 53.4 Å². The molecule has 1 aromatic rings. The number of aromatic nitrogens is 1. The Morgan fingerprint density at radius 3 is 2.79 bits per heavy atom. The van der Waals surface area contributed by atoms with Gasteiger partial charge in [0.2, 0.25) is 0 Å². The number of aliphatic carboxylic acids is 1. The summed E-state index contributed by atoms with van der Waals surface area (Å²) in [5.41, 5.74) is 0. The summed E-state index contributed by atoms with van der Waals surface area (Å²) in [6.45, 7) is 3.48. The maximum absolute atomic E-state index is 10.4. The molecular formula is C14H20N2O2S. The molecule has 19 heavy (non-hydrogen) atoms. The first-order chi connectivity index (χ1) is 9.24. The molecule has 5 heteroatoms. The molecule has 1 aliphatic heterocycles. The van der Waals surface area contributed by atoms with Gasteiger partial charge in [0.25, 0.3) is 0 Å². The number of rotatable bonds is 5. The second-order valence-electron chi connectivity index (χ2n) is 4.83. The fraction of sp³-hybridized carbons (Fsp3) is 0.571. The molecule has 0 bridgehead atoms. The van der Waals surface area contributed by atoms with Crippen LogP contribution in [0.3, 0.4) is 0 Å². The number of carboxylic acid groups (broad SMARTS) is 1. The summed E-state index contributed by atoms with van der Waals surface area (Å²) >= 11 is 1.58. The molecule has 1 aromatic heterocycles. The van der Waals surface area contributed by atoms with Crippen LogP contribution in [0.15, 0.2) is 12.3 Å². The van der Waals surface area contributed by atoms with Gasteiger partial charge in [-0.25, -0.2) is 9.78 Å². The number of hydrogen-bond donors (Lipinski definition) is 1. The average molecular weight is 280 g/mol. The van der Waals surface area contributed by atoms with E-state index in [1.807, 2.05) is 0 Å². The first-order valence-electron chi connectivity index (χ1n) is 6.82. The molecule has 0 aromatic carbocycles. The molecular weight excluding hydrogens is 260 g/mol. The molecule has 1 N–H and O–H groups in total. The van der Waals surface area contributed by atoms with Gasteiger partial charge in [0.1, 0.15) is 0 Å². The molecule has 0 atom stereocenters. The van der Waals surface area contributed by atoms with Crippen LogP contribution < -0.4 is 0 Å². The minimum absolute atomic E-state index is 0.910. The van der Waals surface area contributed by atoms with Crippen LogP contribution in [-0.4, -0.2) is 40.6 Å². The Labute approximate surface area is 117 Å². The highest BCUT2D eigenvalue weighted by atomic mass is 32.1. The molecule has 2 rings (SSSR count). The lowest BCUT2D eigenvalue weighted by atomic mass is 10.2. The average Bonchev–Trinajstić information content (AvgIpc) is 2.68. The molecule has 0 unspecified atom stereocenters. The maximum atomic E-state index is 10.4. The summed E-state index contributed by atoms with van der Waals surface area (Å²) in [6, 6.07) is 0. The molecule has 0 radical (unpaired) electrons. The molecule has 104 valence electrons. The van der Waals surface area contributed by atoms with E-state index in [1.54, 1.807) is 23.6 Å². The van der Waals surface area contributed by atoms with Crippen molar-refractivity contribution in [2.24, 2.45) is 0 Å². The highest BCUT2D eigenvalue weighted by Crippen LogP contribution is 2.16. The number of hydrogen-bond acceptors (Lipinski definition) is 4. The largest absolute Gasteiger partial charge is 0.478 e. The van der Waals surface area contributed by atoms with Crippen LogP contribution in [0.2, 0.25) is 0 Å². The third kappa shape index (κ3) is 5.12. The van der Waals surface area contributed by atoms with Crippen molar-refractivity contribution < 1.29 is 9.90 Å². The van der Waals surface area contributed by atoms with Crippen molar-refractivity contribution in [2.45, 2.75) is 32.1 Å². The Kier molecular flexibility index (Phi) is 5.54.